The quantitative estimate of drug-likeness (QED) is 0.699. The molecule has 4 rings (SSSR count). The summed E-state index contributed by atoms with van der Waals surface area (Å²) in [5, 5.41) is 8.69. The minimum Gasteiger partial charge on any atom is -0.332 e. The van der Waals surface area contributed by atoms with Crippen molar-refractivity contribution < 1.29 is 9.18 Å². The standard InChI is InChI=1S/C20H24BrFN4O/c1-20(2,3)18-11-25(24-23-18)15-9-13-5-6-14(10-15)26(13)19(27)16-7-4-12(21)8-17(16)22/h4,7-8,11,13-15H,5-6,9-10H2,1-3H3. The highest BCUT2D eigenvalue weighted by Crippen LogP contribution is 2.41. The van der Waals surface area contributed by atoms with Crippen LogP contribution in [0.15, 0.2) is 28.9 Å². The van der Waals surface area contributed by atoms with Gasteiger partial charge in [-0.05, 0) is 43.9 Å². The van der Waals surface area contributed by atoms with Crippen LogP contribution in [0, 0.1) is 5.82 Å². The van der Waals surface area contributed by atoms with Gasteiger partial charge in [-0.2, -0.15) is 0 Å². The van der Waals surface area contributed by atoms with Crippen LogP contribution in [0.1, 0.15) is 68.5 Å². The maximum Gasteiger partial charge on any atom is 0.257 e. The molecular weight excluding hydrogens is 411 g/mol. The summed E-state index contributed by atoms with van der Waals surface area (Å²) in [7, 11) is 0. The number of amides is 1. The predicted molar refractivity (Wildman–Crippen MR) is 104 cm³/mol. The zero-order valence-electron chi connectivity index (χ0n) is 15.8. The number of carbonyl (C=O) groups is 1. The first-order chi connectivity index (χ1) is 12.7. The third kappa shape index (κ3) is 3.42. The number of carbonyl (C=O) groups excluding carboxylic acids is 1. The van der Waals surface area contributed by atoms with E-state index in [-0.39, 0.29) is 35.0 Å². The van der Waals surface area contributed by atoms with E-state index in [0.29, 0.717) is 4.47 Å². The maximum absolute atomic E-state index is 14.3. The fourth-order valence-electron chi connectivity index (χ4n) is 4.30. The summed E-state index contributed by atoms with van der Waals surface area (Å²) in [5.41, 5.74) is 1.10. The number of aromatic nitrogens is 3. The SMILES string of the molecule is CC(C)(C)c1cn(C2CC3CCC(C2)N3C(=O)c2ccc(Br)cc2F)nn1. The molecule has 2 aromatic rings. The van der Waals surface area contributed by atoms with Crippen molar-refractivity contribution in [2.24, 2.45) is 0 Å². The van der Waals surface area contributed by atoms with E-state index < -0.39 is 5.82 Å². The molecule has 0 aliphatic carbocycles. The van der Waals surface area contributed by atoms with Crippen molar-refractivity contribution in [3.8, 4) is 0 Å². The van der Waals surface area contributed by atoms with Crippen molar-refractivity contribution in [3.05, 3.63) is 45.9 Å². The van der Waals surface area contributed by atoms with E-state index >= 15 is 0 Å². The van der Waals surface area contributed by atoms with Gasteiger partial charge in [0.2, 0.25) is 0 Å². The number of piperidine rings is 1. The zero-order valence-corrected chi connectivity index (χ0v) is 17.4. The summed E-state index contributed by atoms with van der Waals surface area (Å²) in [4.78, 5) is 14.9. The molecule has 0 radical (unpaired) electrons. The van der Waals surface area contributed by atoms with E-state index in [2.05, 4.69) is 47.0 Å². The van der Waals surface area contributed by atoms with Gasteiger partial charge in [-0.3, -0.25) is 4.79 Å². The fraction of sp³-hybridized carbons (Fsp3) is 0.550. The van der Waals surface area contributed by atoms with E-state index in [0.717, 1.165) is 31.4 Å². The highest BCUT2D eigenvalue weighted by molar-refractivity contribution is 9.10. The van der Waals surface area contributed by atoms with Crippen molar-refractivity contribution in [2.45, 2.75) is 70.0 Å². The lowest BCUT2D eigenvalue weighted by Gasteiger charge is -2.39. The molecule has 3 heterocycles. The highest BCUT2D eigenvalue weighted by Gasteiger charge is 2.44. The lowest BCUT2D eigenvalue weighted by molar-refractivity contribution is 0.0518. The molecule has 2 bridgehead atoms. The Labute approximate surface area is 167 Å². The first kappa shape index (κ1) is 18.6. The number of hydrogen-bond acceptors (Lipinski definition) is 3. The first-order valence-corrected chi connectivity index (χ1v) is 10.2. The normalized spacial score (nSPS) is 25.1. The van der Waals surface area contributed by atoms with Crippen molar-refractivity contribution in [2.75, 3.05) is 0 Å². The van der Waals surface area contributed by atoms with Gasteiger partial charge < -0.3 is 4.90 Å². The summed E-state index contributed by atoms with van der Waals surface area (Å²) >= 11 is 3.25. The summed E-state index contributed by atoms with van der Waals surface area (Å²) in [5.74, 6) is -0.665. The molecular formula is C20H24BrFN4O. The maximum atomic E-state index is 14.3. The van der Waals surface area contributed by atoms with Gasteiger partial charge in [-0.25, -0.2) is 9.07 Å². The molecule has 0 spiro atoms. The molecule has 1 aromatic heterocycles. The van der Waals surface area contributed by atoms with Gasteiger partial charge in [0.25, 0.3) is 5.91 Å². The van der Waals surface area contributed by atoms with Crippen LogP contribution in [0.4, 0.5) is 4.39 Å². The lowest BCUT2D eigenvalue weighted by atomic mass is 9.92. The Morgan fingerprint density at radius 3 is 2.41 bits per heavy atom. The van der Waals surface area contributed by atoms with Crippen LogP contribution in [0.5, 0.6) is 0 Å². The van der Waals surface area contributed by atoms with Gasteiger partial charge in [-0.15, -0.1) is 5.10 Å². The van der Waals surface area contributed by atoms with Gasteiger partial charge in [0.15, 0.2) is 0 Å². The van der Waals surface area contributed by atoms with Crippen molar-refractivity contribution in [1.82, 2.24) is 19.9 Å². The number of nitrogens with zero attached hydrogens (tertiary/aromatic N) is 4. The Bertz CT molecular complexity index is 861. The average Bonchev–Trinajstić information content (AvgIpc) is 3.17. The molecule has 2 atom stereocenters. The van der Waals surface area contributed by atoms with Gasteiger partial charge in [-0.1, -0.05) is 41.9 Å². The van der Waals surface area contributed by atoms with Gasteiger partial charge in [0, 0.05) is 28.2 Å². The second kappa shape index (κ2) is 6.69. The number of rotatable bonds is 2. The molecule has 27 heavy (non-hydrogen) atoms. The van der Waals surface area contributed by atoms with Crippen LogP contribution in [0.2, 0.25) is 0 Å². The molecule has 5 nitrogen and oxygen atoms in total. The van der Waals surface area contributed by atoms with E-state index in [1.807, 2.05) is 15.8 Å². The van der Waals surface area contributed by atoms with Crippen LogP contribution in [-0.2, 0) is 5.41 Å². The Kier molecular flexibility index (Phi) is 4.61. The van der Waals surface area contributed by atoms with Crippen molar-refractivity contribution in [1.29, 1.82) is 0 Å². The Balaban J connectivity index is 1.54. The molecule has 1 amide bonds. The monoisotopic (exact) mass is 434 g/mol. The minimum absolute atomic E-state index is 0.0347. The Hall–Kier alpha value is -1.76. The van der Waals surface area contributed by atoms with Crippen LogP contribution < -0.4 is 0 Å². The molecule has 0 N–H and O–H groups in total. The summed E-state index contributed by atoms with van der Waals surface area (Å²) < 4.78 is 16.9. The van der Waals surface area contributed by atoms with Crippen molar-refractivity contribution >= 4 is 21.8 Å². The van der Waals surface area contributed by atoms with Crippen molar-refractivity contribution in [3.63, 3.8) is 0 Å². The molecule has 0 saturated carbocycles. The first-order valence-electron chi connectivity index (χ1n) is 9.44. The molecule has 1 aromatic carbocycles. The molecule has 7 heteroatoms. The fourth-order valence-corrected chi connectivity index (χ4v) is 4.63. The molecule has 2 unspecified atom stereocenters. The largest absolute Gasteiger partial charge is 0.332 e. The highest BCUT2D eigenvalue weighted by atomic mass is 79.9. The topological polar surface area (TPSA) is 51.0 Å². The predicted octanol–water partition coefficient (Wildman–Crippen LogP) is 4.49. The second-order valence-electron chi connectivity index (χ2n) is 8.68. The minimum atomic E-state index is -0.470. The molecule has 144 valence electrons. The number of benzene rings is 1. The molecule has 2 aliphatic rings. The Morgan fingerprint density at radius 2 is 1.85 bits per heavy atom. The van der Waals surface area contributed by atoms with Gasteiger partial charge in [0.05, 0.1) is 17.3 Å². The molecule has 2 fully saturated rings. The van der Waals surface area contributed by atoms with E-state index in [1.165, 1.54) is 6.07 Å². The average molecular weight is 435 g/mol. The van der Waals surface area contributed by atoms with Gasteiger partial charge >= 0.3 is 0 Å². The van der Waals surface area contributed by atoms with E-state index in [1.54, 1.807) is 12.1 Å². The Morgan fingerprint density at radius 1 is 1.19 bits per heavy atom. The molecule has 2 saturated heterocycles. The smallest absolute Gasteiger partial charge is 0.257 e. The summed E-state index contributed by atoms with van der Waals surface area (Å²) in [6.45, 7) is 6.37. The van der Waals surface area contributed by atoms with E-state index in [9.17, 15) is 9.18 Å². The van der Waals surface area contributed by atoms with Crippen LogP contribution in [0.3, 0.4) is 0 Å². The summed E-state index contributed by atoms with van der Waals surface area (Å²) in [6.07, 6.45) is 5.65. The lowest BCUT2D eigenvalue weighted by Crippen LogP contribution is -2.47. The summed E-state index contributed by atoms with van der Waals surface area (Å²) in [6, 6.07) is 5.14. The third-order valence-electron chi connectivity index (χ3n) is 5.76. The van der Waals surface area contributed by atoms with Gasteiger partial charge in [0.1, 0.15) is 5.82 Å². The third-order valence-corrected chi connectivity index (χ3v) is 6.25. The van der Waals surface area contributed by atoms with Crippen LogP contribution in [-0.4, -0.2) is 37.9 Å². The number of fused-ring (bicyclic) bond motifs is 2. The van der Waals surface area contributed by atoms with E-state index in [4.69, 9.17) is 0 Å². The van der Waals surface area contributed by atoms with Crippen LogP contribution >= 0.6 is 15.9 Å². The second-order valence-corrected chi connectivity index (χ2v) is 9.60. The molecule has 2 aliphatic heterocycles. The number of hydrogen-bond donors (Lipinski definition) is 0. The van der Waals surface area contributed by atoms with Crippen LogP contribution in [0.25, 0.3) is 0 Å². The number of halogens is 2. The zero-order chi connectivity index (χ0) is 19.3.